The van der Waals surface area contributed by atoms with E-state index in [9.17, 15) is 14.4 Å². The number of carbonyl (C=O) groups excluding carboxylic acids is 3. The molecule has 0 saturated carbocycles. The SMILES string of the molecule is CCC(C)C(NC(=O)CC(C)=O)C(=O)OC. The number of ether oxygens (including phenoxy) is 1. The molecule has 0 aromatic heterocycles. The second kappa shape index (κ2) is 6.98. The van der Waals surface area contributed by atoms with E-state index in [1.54, 1.807) is 0 Å². The van der Waals surface area contributed by atoms with Crippen molar-refractivity contribution in [3.8, 4) is 0 Å². The molecule has 0 aliphatic carbocycles. The third-order valence-corrected chi connectivity index (χ3v) is 2.39. The molecule has 0 aliphatic heterocycles. The molecule has 0 rings (SSSR count). The van der Waals surface area contributed by atoms with Crippen LogP contribution in [-0.2, 0) is 19.1 Å². The minimum Gasteiger partial charge on any atom is -0.467 e. The molecule has 0 saturated heterocycles. The lowest BCUT2D eigenvalue weighted by Crippen LogP contribution is -2.46. The molecule has 5 heteroatoms. The highest BCUT2D eigenvalue weighted by Crippen LogP contribution is 2.09. The minimum absolute atomic E-state index is 0.0247. The number of methoxy groups -OCH3 is 1. The Morgan fingerprint density at radius 1 is 1.31 bits per heavy atom. The van der Waals surface area contributed by atoms with Gasteiger partial charge in [-0.25, -0.2) is 4.79 Å². The largest absolute Gasteiger partial charge is 0.467 e. The van der Waals surface area contributed by atoms with Crippen LogP contribution >= 0.6 is 0 Å². The first-order valence-corrected chi connectivity index (χ1v) is 5.29. The predicted molar refractivity (Wildman–Crippen MR) is 58.7 cm³/mol. The van der Waals surface area contributed by atoms with Crippen LogP contribution in [0, 0.1) is 5.92 Å². The lowest BCUT2D eigenvalue weighted by atomic mass is 9.99. The average Bonchev–Trinajstić information content (AvgIpc) is 2.22. The smallest absolute Gasteiger partial charge is 0.328 e. The monoisotopic (exact) mass is 229 g/mol. The van der Waals surface area contributed by atoms with Gasteiger partial charge in [-0.1, -0.05) is 20.3 Å². The molecule has 0 radical (unpaired) electrons. The van der Waals surface area contributed by atoms with E-state index in [0.29, 0.717) is 0 Å². The normalized spacial score (nSPS) is 13.8. The molecule has 2 unspecified atom stereocenters. The number of esters is 1. The number of amides is 1. The summed E-state index contributed by atoms with van der Waals surface area (Å²) >= 11 is 0. The lowest BCUT2D eigenvalue weighted by Gasteiger charge is -2.21. The Labute approximate surface area is 95.5 Å². The quantitative estimate of drug-likeness (QED) is 0.536. The molecule has 0 aromatic rings. The van der Waals surface area contributed by atoms with Gasteiger partial charge in [0, 0.05) is 0 Å². The minimum atomic E-state index is -0.679. The van der Waals surface area contributed by atoms with Crippen molar-refractivity contribution >= 4 is 17.7 Å². The summed E-state index contributed by atoms with van der Waals surface area (Å²) in [4.78, 5) is 33.5. The summed E-state index contributed by atoms with van der Waals surface area (Å²) in [5, 5.41) is 2.52. The fraction of sp³-hybridized carbons (Fsp3) is 0.727. The Hall–Kier alpha value is -1.39. The van der Waals surface area contributed by atoms with Crippen LogP contribution in [0.3, 0.4) is 0 Å². The molecule has 1 N–H and O–H groups in total. The molecule has 0 spiro atoms. The third kappa shape index (κ3) is 4.91. The van der Waals surface area contributed by atoms with E-state index < -0.39 is 17.9 Å². The first-order chi connectivity index (χ1) is 7.42. The zero-order chi connectivity index (χ0) is 12.7. The van der Waals surface area contributed by atoms with Crippen LogP contribution in [0.2, 0.25) is 0 Å². The highest BCUT2D eigenvalue weighted by molar-refractivity contribution is 5.98. The summed E-state index contributed by atoms with van der Waals surface area (Å²) in [5.74, 6) is -1.18. The van der Waals surface area contributed by atoms with E-state index >= 15 is 0 Å². The first kappa shape index (κ1) is 14.6. The molecular formula is C11H19NO4. The van der Waals surface area contributed by atoms with Gasteiger partial charge in [-0.3, -0.25) is 9.59 Å². The van der Waals surface area contributed by atoms with Crippen molar-refractivity contribution in [2.75, 3.05) is 7.11 Å². The molecule has 92 valence electrons. The van der Waals surface area contributed by atoms with Gasteiger partial charge in [0.25, 0.3) is 0 Å². The van der Waals surface area contributed by atoms with Gasteiger partial charge in [0.1, 0.15) is 11.8 Å². The molecule has 2 atom stereocenters. The number of hydrogen-bond donors (Lipinski definition) is 1. The molecule has 5 nitrogen and oxygen atoms in total. The number of ketones is 1. The molecule has 0 aliphatic rings. The van der Waals surface area contributed by atoms with Crippen molar-refractivity contribution in [3.63, 3.8) is 0 Å². The fourth-order valence-corrected chi connectivity index (χ4v) is 1.25. The van der Waals surface area contributed by atoms with Gasteiger partial charge >= 0.3 is 5.97 Å². The maximum absolute atomic E-state index is 11.4. The predicted octanol–water partition coefficient (Wildman–Crippen LogP) is 0.669. The van der Waals surface area contributed by atoms with Crippen LogP contribution in [0.25, 0.3) is 0 Å². The van der Waals surface area contributed by atoms with Crippen molar-refractivity contribution in [3.05, 3.63) is 0 Å². The summed E-state index contributed by atoms with van der Waals surface area (Å²) in [6.45, 7) is 5.09. The summed E-state index contributed by atoms with van der Waals surface area (Å²) in [6.07, 6.45) is 0.532. The molecular weight excluding hydrogens is 210 g/mol. The molecule has 0 aromatic carbocycles. The van der Waals surface area contributed by atoms with E-state index in [1.807, 2.05) is 13.8 Å². The second-order valence-corrected chi connectivity index (χ2v) is 3.83. The van der Waals surface area contributed by atoms with Gasteiger partial charge in [0.2, 0.25) is 5.91 Å². The van der Waals surface area contributed by atoms with Crippen molar-refractivity contribution in [1.82, 2.24) is 5.32 Å². The van der Waals surface area contributed by atoms with Gasteiger partial charge < -0.3 is 10.1 Å². The Bertz CT molecular complexity index is 275. The molecule has 0 bridgehead atoms. The van der Waals surface area contributed by atoms with Gasteiger partial charge in [-0.2, -0.15) is 0 Å². The van der Waals surface area contributed by atoms with Gasteiger partial charge in [0.15, 0.2) is 0 Å². The molecule has 0 fully saturated rings. The average molecular weight is 229 g/mol. The maximum atomic E-state index is 11.4. The van der Waals surface area contributed by atoms with Crippen molar-refractivity contribution in [1.29, 1.82) is 0 Å². The Balaban J connectivity index is 4.48. The van der Waals surface area contributed by atoms with Crippen molar-refractivity contribution < 1.29 is 19.1 Å². The number of carbonyl (C=O) groups is 3. The van der Waals surface area contributed by atoms with E-state index in [1.165, 1.54) is 14.0 Å². The highest BCUT2D eigenvalue weighted by Gasteiger charge is 2.26. The highest BCUT2D eigenvalue weighted by atomic mass is 16.5. The number of hydrogen-bond acceptors (Lipinski definition) is 4. The van der Waals surface area contributed by atoms with Crippen LogP contribution in [0.15, 0.2) is 0 Å². The fourth-order valence-electron chi connectivity index (χ4n) is 1.25. The standard InChI is InChI=1S/C11H19NO4/c1-5-7(2)10(11(15)16-4)12-9(14)6-8(3)13/h7,10H,5-6H2,1-4H3,(H,12,14). The zero-order valence-electron chi connectivity index (χ0n) is 10.2. The lowest BCUT2D eigenvalue weighted by molar-refractivity contribution is -0.147. The number of rotatable bonds is 6. The topological polar surface area (TPSA) is 72.5 Å². The van der Waals surface area contributed by atoms with Gasteiger partial charge in [-0.15, -0.1) is 0 Å². The van der Waals surface area contributed by atoms with Crippen LogP contribution in [0.5, 0.6) is 0 Å². The molecule has 1 amide bonds. The Kier molecular flexibility index (Phi) is 6.37. The first-order valence-electron chi connectivity index (χ1n) is 5.29. The van der Waals surface area contributed by atoms with E-state index in [0.717, 1.165) is 6.42 Å². The summed E-state index contributed by atoms with van der Waals surface area (Å²) in [7, 11) is 1.27. The number of nitrogens with one attached hydrogen (secondary N) is 1. The molecule has 16 heavy (non-hydrogen) atoms. The third-order valence-electron chi connectivity index (χ3n) is 2.39. The zero-order valence-corrected chi connectivity index (χ0v) is 10.2. The Morgan fingerprint density at radius 3 is 2.25 bits per heavy atom. The number of Topliss-reactive ketones (excluding diaryl/α,β-unsaturated/α-hetero) is 1. The Morgan fingerprint density at radius 2 is 1.88 bits per heavy atom. The van der Waals surface area contributed by atoms with Crippen molar-refractivity contribution in [2.45, 2.75) is 39.7 Å². The van der Waals surface area contributed by atoms with Gasteiger partial charge in [0.05, 0.1) is 13.5 Å². The van der Waals surface area contributed by atoms with E-state index in [-0.39, 0.29) is 18.1 Å². The summed E-state index contributed by atoms with van der Waals surface area (Å²) in [5.41, 5.74) is 0. The summed E-state index contributed by atoms with van der Waals surface area (Å²) in [6, 6.07) is -0.679. The van der Waals surface area contributed by atoms with E-state index in [2.05, 4.69) is 10.1 Å². The van der Waals surface area contributed by atoms with E-state index in [4.69, 9.17) is 0 Å². The van der Waals surface area contributed by atoms with Crippen LogP contribution < -0.4 is 5.32 Å². The summed E-state index contributed by atoms with van der Waals surface area (Å²) < 4.78 is 4.60. The van der Waals surface area contributed by atoms with Crippen LogP contribution in [-0.4, -0.2) is 30.8 Å². The maximum Gasteiger partial charge on any atom is 0.328 e. The van der Waals surface area contributed by atoms with Crippen LogP contribution in [0.1, 0.15) is 33.6 Å². The van der Waals surface area contributed by atoms with Crippen LogP contribution in [0.4, 0.5) is 0 Å². The van der Waals surface area contributed by atoms with Crippen molar-refractivity contribution in [2.24, 2.45) is 5.92 Å². The second-order valence-electron chi connectivity index (χ2n) is 3.83. The van der Waals surface area contributed by atoms with Gasteiger partial charge in [-0.05, 0) is 12.8 Å². The molecule has 0 heterocycles.